The van der Waals surface area contributed by atoms with Crippen molar-refractivity contribution < 1.29 is 9.90 Å². The molecular weight excluding hydrogens is 354 g/mol. The normalized spacial score (nSPS) is 19.3. The van der Waals surface area contributed by atoms with E-state index in [-0.39, 0.29) is 18.6 Å². The van der Waals surface area contributed by atoms with Crippen molar-refractivity contribution in [3.05, 3.63) is 41.7 Å². The van der Waals surface area contributed by atoms with Crippen LogP contribution in [0, 0.1) is 0 Å². The highest BCUT2D eigenvalue weighted by molar-refractivity contribution is 5.89. The van der Waals surface area contributed by atoms with Gasteiger partial charge in [-0.2, -0.15) is 0 Å². The van der Waals surface area contributed by atoms with Gasteiger partial charge < -0.3 is 20.2 Å². The summed E-state index contributed by atoms with van der Waals surface area (Å²) in [6.07, 6.45) is 5.75. The summed E-state index contributed by atoms with van der Waals surface area (Å²) < 4.78 is 0. The van der Waals surface area contributed by atoms with Gasteiger partial charge in [0.1, 0.15) is 18.0 Å². The minimum Gasteiger partial charge on any atom is -0.394 e. The third-order valence-corrected chi connectivity index (χ3v) is 5.67. The average molecular weight is 381 g/mol. The highest BCUT2D eigenvalue weighted by Crippen LogP contribution is 2.30. The van der Waals surface area contributed by atoms with Crippen LogP contribution in [0.5, 0.6) is 0 Å². The maximum atomic E-state index is 11.5. The Morgan fingerprint density at radius 3 is 2.93 bits per heavy atom. The first-order valence-corrected chi connectivity index (χ1v) is 9.98. The number of fused-ring (bicyclic) bond motifs is 1. The fourth-order valence-corrected chi connectivity index (χ4v) is 4.27. The van der Waals surface area contributed by atoms with Crippen molar-refractivity contribution in [2.45, 2.75) is 45.2 Å². The SMILES string of the molecule is CC(=O)Nc1cccc2c1CCN(c1cc(N3CCCCC3CO)ncn1)C2. The number of nitrogens with one attached hydrogen (secondary N) is 1. The van der Waals surface area contributed by atoms with E-state index in [4.69, 9.17) is 0 Å². The van der Waals surface area contributed by atoms with Crippen LogP contribution in [0.15, 0.2) is 30.6 Å². The monoisotopic (exact) mass is 381 g/mol. The number of hydrogen-bond donors (Lipinski definition) is 2. The molecule has 0 bridgehead atoms. The van der Waals surface area contributed by atoms with Crippen molar-refractivity contribution in [3.63, 3.8) is 0 Å². The van der Waals surface area contributed by atoms with Crippen molar-refractivity contribution in [1.29, 1.82) is 0 Å². The second-order valence-electron chi connectivity index (χ2n) is 7.56. The number of aliphatic hydroxyl groups is 1. The van der Waals surface area contributed by atoms with Crippen LogP contribution in [0.25, 0.3) is 0 Å². The minimum atomic E-state index is -0.0451. The van der Waals surface area contributed by atoms with E-state index >= 15 is 0 Å². The maximum Gasteiger partial charge on any atom is 0.221 e. The smallest absolute Gasteiger partial charge is 0.221 e. The molecule has 7 nitrogen and oxygen atoms in total. The summed E-state index contributed by atoms with van der Waals surface area (Å²) in [6, 6.07) is 8.24. The lowest BCUT2D eigenvalue weighted by Crippen LogP contribution is -2.42. The highest BCUT2D eigenvalue weighted by Gasteiger charge is 2.25. The van der Waals surface area contributed by atoms with Crippen LogP contribution in [-0.2, 0) is 17.8 Å². The second-order valence-corrected chi connectivity index (χ2v) is 7.56. The topological polar surface area (TPSA) is 81.6 Å². The number of carbonyl (C=O) groups is 1. The highest BCUT2D eigenvalue weighted by atomic mass is 16.3. The Balaban J connectivity index is 1.56. The van der Waals surface area contributed by atoms with Gasteiger partial charge in [0, 0.05) is 38.3 Å². The third-order valence-electron chi connectivity index (χ3n) is 5.67. The molecule has 7 heteroatoms. The van der Waals surface area contributed by atoms with Crippen LogP contribution < -0.4 is 15.1 Å². The van der Waals surface area contributed by atoms with Crippen LogP contribution in [0.4, 0.5) is 17.3 Å². The summed E-state index contributed by atoms with van der Waals surface area (Å²) in [5, 5.41) is 12.7. The molecule has 1 fully saturated rings. The molecular formula is C21H27N5O2. The first-order valence-electron chi connectivity index (χ1n) is 9.98. The molecule has 2 aliphatic heterocycles. The van der Waals surface area contributed by atoms with Crippen LogP contribution in [0.1, 0.15) is 37.3 Å². The van der Waals surface area contributed by atoms with E-state index < -0.39 is 0 Å². The molecule has 148 valence electrons. The lowest BCUT2D eigenvalue weighted by molar-refractivity contribution is -0.114. The van der Waals surface area contributed by atoms with Gasteiger partial charge in [-0.3, -0.25) is 4.79 Å². The fourth-order valence-electron chi connectivity index (χ4n) is 4.27. The van der Waals surface area contributed by atoms with Crippen LogP contribution >= 0.6 is 0 Å². The standard InChI is InChI=1S/C21H27N5O2/c1-15(28)24-19-7-4-5-16-12-25(10-8-18(16)19)20-11-21(23-14-22-20)26-9-3-2-6-17(26)13-27/h4-5,7,11,14,17,27H,2-3,6,8-10,12-13H2,1H3,(H,24,28). The van der Waals surface area contributed by atoms with Crippen molar-refractivity contribution in [3.8, 4) is 0 Å². The Labute approximate surface area is 165 Å². The number of nitrogens with zero attached hydrogens (tertiary/aromatic N) is 4. The van der Waals surface area contributed by atoms with Crippen molar-refractivity contribution in [2.75, 3.05) is 34.8 Å². The molecule has 2 aliphatic rings. The Morgan fingerprint density at radius 1 is 1.25 bits per heavy atom. The first kappa shape index (κ1) is 18.7. The molecule has 0 spiro atoms. The van der Waals surface area contributed by atoms with Gasteiger partial charge in [0.2, 0.25) is 5.91 Å². The zero-order chi connectivity index (χ0) is 19.5. The summed E-state index contributed by atoms with van der Waals surface area (Å²) in [5.74, 6) is 1.75. The first-order chi connectivity index (χ1) is 13.7. The van der Waals surface area contributed by atoms with Crippen LogP contribution in [0.2, 0.25) is 0 Å². The Morgan fingerprint density at radius 2 is 2.11 bits per heavy atom. The van der Waals surface area contributed by atoms with Gasteiger partial charge in [0.05, 0.1) is 12.6 Å². The predicted octanol–water partition coefficient (Wildman–Crippen LogP) is 2.35. The molecule has 1 amide bonds. The van der Waals surface area contributed by atoms with Gasteiger partial charge >= 0.3 is 0 Å². The number of amides is 1. The molecule has 4 rings (SSSR count). The molecule has 1 atom stereocenters. The van der Waals surface area contributed by atoms with E-state index in [0.29, 0.717) is 0 Å². The van der Waals surface area contributed by atoms with Gasteiger partial charge in [-0.25, -0.2) is 9.97 Å². The molecule has 1 aromatic carbocycles. The maximum absolute atomic E-state index is 11.5. The Kier molecular flexibility index (Phi) is 5.43. The van der Waals surface area contributed by atoms with E-state index in [1.807, 2.05) is 18.2 Å². The van der Waals surface area contributed by atoms with Crippen LogP contribution in [0.3, 0.4) is 0 Å². The molecule has 1 unspecified atom stereocenters. The van der Waals surface area contributed by atoms with Gasteiger partial charge in [0.15, 0.2) is 0 Å². The van der Waals surface area contributed by atoms with Crippen molar-refractivity contribution in [2.24, 2.45) is 0 Å². The summed E-state index contributed by atoms with van der Waals surface area (Å²) >= 11 is 0. The van der Waals surface area contributed by atoms with Gasteiger partial charge in [-0.15, -0.1) is 0 Å². The zero-order valence-corrected chi connectivity index (χ0v) is 16.3. The lowest BCUT2D eigenvalue weighted by Gasteiger charge is -2.36. The van der Waals surface area contributed by atoms with E-state index in [1.54, 1.807) is 6.33 Å². The molecule has 1 saturated heterocycles. The number of anilines is 3. The molecule has 1 aromatic heterocycles. The fraction of sp³-hybridized carbons (Fsp3) is 0.476. The number of rotatable bonds is 4. The Bertz CT molecular complexity index is 856. The summed E-state index contributed by atoms with van der Waals surface area (Å²) in [6.45, 7) is 4.20. The van der Waals surface area contributed by atoms with Crippen LogP contribution in [-0.4, -0.2) is 46.7 Å². The lowest BCUT2D eigenvalue weighted by atomic mass is 9.97. The number of hydrogen-bond acceptors (Lipinski definition) is 6. The number of piperidine rings is 1. The molecule has 28 heavy (non-hydrogen) atoms. The number of aromatic nitrogens is 2. The second kappa shape index (κ2) is 8.14. The van der Waals surface area contributed by atoms with E-state index in [9.17, 15) is 9.90 Å². The third kappa shape index (κ3) is 3.80. The number of benzene rings is 1. The molecule has 2 N–H and O–H groups in total. The predicted molar refractivity (Wildman–Crippen MR) is 110 cm³/mol. The number of aliphatic hydroxyl groups excluding tert-OH is 1. The zero-order valence-electron chi connectivity index (χ0n) is 16.3. The molecule has 0 radical (unpaired) electrons. The van der Waals surface area contributed by atoms with Gasteiger partial charge in [-0.05, 0) is 42.9 Å². The molecule has 2 aromatic rings. The molecule has 0 aliphatic carbocycles. The van der Waals surface area contributed by atoms with E-state index in [2.05, 4.69) is 31.2 Å². The summed E-state index contributed by atoms with van der Waals surface area (Å²) in [7, 11) is 0. The quantitative estimate of drug-likeness (QED) is 0.846. The molecule has 0 saturated carbocycles. The van der Waals surface area contributed by atoms with E-state index in [1.165, 1.54) is 18.1 Å². The van der Waals surface area contributed by atoms with Crippen molar-refractivity contribution >= 4 is 23.2 Å². The summed E-state index contributed by atoms with van der Waals surface area (Å²) in [5.41, 5.74) is 3.33. The van der Waals surface area contributed by atoms with Crippen molar-refractivity contribution in [1.82, 2.24) is 9.97 Å². The van der Waals surface area contributed by atoms with Gasteiger partial charge in [-0.1, -0.05) is 12.1 Å². The minimum absolute atomic E-state index is 0.0451. The Hall–Kier alpha value is -2.67. The number of carbonyl (C=O) groups excluding carboxylic acids is 1. The summed E-state index contributed by atoms with van der Waals surface area (Å²) in [4.78, 5) is 24.9. The average Bonchev–Trinajstić information content (AvgIpc) is 2.73. The largest absolute Gasteiger partial charge is 0.394 e. The molecule has 3 heterocycles. The van der Waals surface area contributed by atoms with E-state index in [0.717, 1.165) is 62.6 Å². The van der Waals surface area contributed by atoms with Gasteiger partial charge in [0.25, 0.3) is 0 Å².